The van der Waals surface area contributed by atoms with Crippen molar-refractivity contribution in [1.29, 1.82) is 0 Å². The molecule has 0 radical (unpaired) electrons. The van der Waals surface area contributed by atoms with E-state index >= 15 is 0 Å². The molecule has 1 saturated carbocycles. The third kappa shape index (κ3) is 2.62. The molecule has 5 heteroatoms. The molecule has 26 heavy (non-hydrogen) atoms. The van der Waals surface area contributed by atoms with Gasteiger partial charge in [-0.25, -0.2) is 0 Å². The van der Waals surface area contributed by atoms with Crippen LogP contribution in [0.3, 0.4) is 0 Å². The highest BCUT2D eigenvalue weighted by Gasteiger charge is 2.54. The monoisotopic (exact) mass is 368 g/mol. The summed E-state index contributed by atoms with van der Waals surface area (Å²) in [5, 5.41) is 19.6. The van der Waals surface area contributed by atoms with Crippen molar-refractivity contribution in [2.24, 2.45) is 11.3 Å². The van der Waals surface area contributed by atoms with E-state index in [1.54, 1.807) is 11.8 Å². The summed E-state index contributed by atoms with van der Waals surface area (Å²) in [6.07, 6.45) is 1.99. The van der Waals surface area contributed by atoms with Crippen LogP contribution < -0.4 is 0 Å². The predicted octanol–water partition coefficient (Wildman–Crippen LogP) is 4.63. The number of hydrogen-bond acceptors (Lipinski definition) is 3. The van der Waals surface area contributed by atoms with Crippen LogP contribution >= 0.6 is 11.8 Å². The first-order valence-electron chi connectivity index (χ1n) is 8.85. The van der Waals surface area contributed by atoms with Crippen LogP contribution in [-0.4, -0.2) is 22.2 Å². The van der Waals surface area contributed by atoms with E-state index in [1.165, 1.54) is 0 Å². The fourth-order valence-corrected chi connectivity index (χ4v) is 5.52. The van der Waals surface area contributed by atoms with E-state index in [1.807, 2.05) is 36.4 Å². The molecule has 2 aromatic rings. The molecular formula is C21H20O4S. The van der Waals surface area contributed by atoms with Crippen molar-refractivity contribution in [3.63, 3.8) is 0 Å². The highest BCUT2D eigenvalue weighted by molar-refractivity contribution is 7.99. The molecule has 0 aromatic heterocycles. The largest absolute Gasteiger partial charge is 0.481 e. The SMILES string of the molecule is O=C(O)C(CC1c2ccccc2Sc2ccccc21)C1(C(=O)O)CCC1. The van der Waals surface area contributed by atoms with Gasteiger partial charge in [0.25, 0.3) is 0 Å². The van der Waals surface area contributed by atoms with Gasteiger partial charge in [-0.2, -0.15) is 0 Å². The number of benzene rings is 2. The molecule has 1 atom stereocenters. The van der Waals surface area contributed by atoms with E-state index in [9.17, 15) is 19.8 Å². The minimum absolute atomic E-state index is 0.0958. The maximum Gasteiger partial charge on any atom is 0.310 e. The van der Waals surface area contributed by atoms with Gasteiger partial charge in [0, 0.05) is 15.7 Å². The molecule has 4 rings (SSSR count). The smallest absolute Gasteiger partial charge is 0.310 e. The van der Waals surface area contributed by atoms with Crippen LogP contribution in [0.5, 0.6) is 0 Å². The van der Waals surface area contributed by atoms with Crippen LogP contribution in [0, 0.1) is 11.3 Å². The van der Waals surface area contributed by atoms with Gasteiger partial charge in [0.05, 0.1) is 11.3 Å². The van der Waals surface area contributed by atoms with Gasteiger partial charge < -0.3 is 10.2 Å². The van der Waals surface area contributed by atoms with E-state index in [0.29, 0.717) is 19.3 Å². The second kappa shape index (κ2) is 6.47. The Kier molecular flexibility index (Phi) is 4.27. The Balaban J connectivity index is 1.77. The van der Waals surface area contributed by atoms with Crippen molar-refractivity contribution in [2.75, 3.05) is 0 Å². The Morgan fingerprint density at radius 1 is 1.00 bits per heavy atom. The van der Waals surface area contributed by atoms with Crippen molar-refractivity contribution in [3.8, 4) is 0 Å². The van der Waals surface area contributed by atoms with Gasteiger partial charge in [-0.1, -0.05) is 54.6 Å². The number of rotatable bonds is 5. The van der Waals surface area contributed by atoms with Crippen molar-refractivity contribution in [1.82, 2.24) is 0 Å². The average molecular weight is 368 g/mol. The summed E-state index contributed by atoms with van der Waals surface area (Å²) in [5.41, 5.74) is 1.07. The molecule has 0 bridgehead atoms. The molecule has 2 aliphatic rings. The number of aliphatic carboxylic acids is 2. The second-order valence-electron chi connectivity index (χ2n) is 7.17. The van der Waals surface area contributed by atoms with Crippen LogP contribution in [0.2, 0.25) is 0 Å². The standard InChI is InChI=1S/C21H20O4S/c22-19(23)16(21(20(24)25)10-5-11-21)12-15-13-6-1-3-8-17(13)26-18-9-4-2-7-14(15)18/h1-4,6-9,15-16H,5,10-12H2,(H,22,23)(H,24,25). The van der Waals surface area contributed by atoms with Crippen molar-refractivity contribution < 1.29 is 19.8 Å². The third-order valence-corrected chi connectivity index (χ3v) is 7.10. The molecular weight excluding hydrogens is 348 g/mol. The van der Waals surface area contributed by atoms with Gasteiger partial charge in [0.2, 0.25) is 0 Å². The Morgan fingerprint density at radius 3 is 1.96 bits per heavy atom. The first kappa shape index (κ1) is 17.2. The Bertz CT molecular complexity index is 826. The summed E-state index contributed by atoms with van der Waals surface area (Å²) in [5.74, 6) is -2.95. The topological polar surface area (TPSA) is 74.6 Å². The normalized spacial score (nSPS) is 18.9. The summed E-state index contributed by atoms with van der Waals surface area (Å²) >= 11 is 1.69. The van der Waals surface area contributed by atoms with Gasteiger partial charge in [-0.05, 0) is 42.5 Å². The maximum atomic E-state index is 12.1. The number of carbonyl (C=O) groups is 2. The summed E-state index contributed by atoms with van der Waals surface area (Å²) in [7, 11) is 0. The fraction of sp³-hybridized carbons (Fsp3) is 0.333. The highest BCUT2D eigenvalue weighted by Crippen LogP contribution is 2.54. The molecule has 0 spiro atoms. The predicted molar refractivity (Wildman–Crippen MR) is 98.5 cm³/mol. The zero-order valence-corrected chi connectivity index (χ0v) is 15.0. The number of carboxylic acids is 2. The molecule has 2 N–H and O–H groups in total. The van der Waals surface area contributed by atoms with Crippen LogP contribution in [0.4, 0.5) is 0 Å². The van der Waals surface area contributed by atoms with E-state index < -0.39 is 23.3 Å². The lowest BCUT2D eigenvalue weighted by Gasteiger charge is -2.43. The number of hydrogen-bond donors (Lipinski definition) is 2. The first-order valence-corrected chi connectivity index (χ1v) is 9.66. The van der Waals surface area contributed by atoms with E-state index in [4.69, 9.17) is 0 Å². The average Bonchev–Trinajstić information content (AvgIpc) is 2.58. The van der Waals surface area contributed by atoms with Gasteiger partial charge in [-0.15, -0.1) is 0 Å². The lowest BCUT2D eigenvalue weighted by atomic mass is 9.58. The molecule has 4 nitrogen and oxygen atoms in total. The minimum atomic E-state index is -1.12. The Morgan fingerprint density at radius 2 is 1.54 bits per heavy atom. The zero-order valence-electron chi connectivity index (χ0n) is 14.2. The summed E-state index contributed by atoms with van der Waals surface area (Å²) < 4.78 is 0. The summed E-state index contributed by atoms with van der Waals surface area (Å²) in [6, 6.07) is 16.1. The van der Waals surface area contributed by atoms with Crippen molar-refractivity contribution in [2.45, 2.75) is 41.4 Å². The molecule has 1 unspecified atom stereocenters. The Labute approximate surface area is 156 Å². The van der Waals surface area contributed by atoms with Crippen LogP contribution in [0.15, 0.2) is 58.3 Å². The van der Waals surface area contributed by atoms with Crippen LogP contribution in [0.25, 0.3) is 0 Å². The van der Waals surface area contributed by atoms with Crippen molar-refractivity contribution in [3.05, 3.63) is 59.7 Å². The summed E-state index contributed by atoms with van der Waals surface area (Å²) in [4.78, 5) is 26.2. The molecule has 1 aliphatic carbocycles. The second-order valence-corrected chi connectivity index (χ2v) is 8.26. The summed E-state index contributed by atoms with van der Waals surface area (Å²) in [6.45, 7) is 0. The number of carboxylic acid groups (broad SMARTS) is 2. The lowest BCUT2D eigenvalue weighted by molar-refractivity contribution is -0.170. The molecule has 1 fully saturated rings. The zero-order chi connectivity index (χ0) is 18.3. The third-order valence-electron chi connectivity index (χ3n) is 5.92. The maximum absolute atomic E-state index is 12.1. The lowest BCUT2D eigenvalue weighted by Crippen LogP contribution is -2.48. The van der Waals surface area contributed by atoms with Crippen molar-refractivity contribution >= 4 is 23.7 Å². The minimum Gasteiger partial charge on any atom is -0.481 e. The molecule has 0 saturated heterocycles. The van der Waals surface area contributed by atoms with Gasteiger partial charge in [-0.3, -0.25) is 9.59 Å². The van der Waals surface area contributed by atoms with Crippen LogP contribution in [-0.2, 0) is 9.59 Å². The van der Waals surface area contributed by atoms with Crippen LogP contribution in [0.1, 0.15) is 42.7 Å². The molecule has 1 heterocycles. The molecule has 0 amide bonds. The fourth-order valence-electron chi connectivity index (χ4n) is 4.33. The number of fused-ring (bicyclic) bond motifs is 2. The van der Waals surface area contributed by atoms with Gasteiger partial charge in [0.15, 0.2) is 0 Å². The van der Waals surface area contributed by atoms with Gasteiger partial charge >= 0.3 is 11.9 Å². The highest BCUT2D eigenvalue weighted by atomic mass is 32.2. The first-order chi connectivity index (χ1) is 12.5. The van der Waals surface area contributed by atoms with E-state index in [0.717, 1.165) is 27.3 Å². The van der Waals surface area contributed by atoms with E-state index in [-0.39, 0.29) is 5.92 Å². The molecule has 2 aromatic carbocycles. The quantitative estimate of drug-likeness (QED) is 0.805. The Hall–Kier alpha value is -2.27. The van der Waals surface area contributed by atoms with Gasteiger partial charge in [0.1, 0.15) is 0 Å². The molecule has 134 valence electrons. The van der Waals surface area contributed by atoms with E-state index in [2.05, 4.69) is 12.1 Å². The molecule has 1 aliphatic heterocycles.